The standard InChI is InChI=1S/C18H38O3S.K.H/c1-2-3-4-5-6-7-8-9-10-11-12-13-14-15-16-17-18-22(19,20)21;;/h2-18H2,1H3,(H,19,20,21);;. The summed E-state index contributed by atoms with van der Waals surface area (Å²) in [4.78, 5) is 0. The molecule has 1 N–H and O–H groups in total. The van der Waals surface area contributed by atoms with Gasteiger partial charge in [-0.2, -0.15) is 8.42 Å². The fourth-order valence-electron chi connectivity index (χ4n) is 2.83. The van der Waals surface area contributed by atoms with Crippen LogP contribution in [0.4, 0.5) is 0 Å². The Bertz CT molecular complexity index is 318. The molecule has 0 fully saturated rings. The first-order valence-electron chi connectivity index (χ1n) is 9.51. The Balaban J connectivity index is 0. The van der Waals surface area contributed by atoms with E-state index in [0.717, 1.165) is 12.8 Å². The molecule has 0 rings (SSSR count). The van der Waals surface area contributed by atoms with Gasteiger partial charge in [0, 0.05) is 0 Å². The molecule has 0 unspecified atom stereocenters. The summed E-state index contributed by atoms with van der Waals surface area (Å²) in [6.45, 7) is 2.26. The minimum absolute atomic E-state index is 0. The molecule has 0 amide bonds. The maximum absolute atomic E-state index is 10.5. The Kier molecular flexibility index (Phi) is 23.1. The fourth-order valence-corrected chi connectivity index (χ4v) is 3.40. The van der Waals surface area contributed by atoms with Crippen LogP contribution in [-0.2, 0) is 10.1 Å². The van der Waals surface area contributed by atoms with Gasteiger partial charge in [0.1, 0.15) is 0 Å². The molecule has 0 saturated carbocycles. The Morgan fingerprint density at radius 2 is 0.826 bits per heavy atom. The molecule has 0 aromatic rings. The van der Waals surface area contributed by atoms with E-state index in [1.165, 1.54) is 83.5 Å². The summed E-state index contributed by atoms with van der Waals surface area (Å²) < 4.78 is 29.7. The van der Waals surface area contributed by atoms with Gasteiger partial charge in [-0.05, 0) is 6.42 Å². The molecule has 136 valence electrons. The van der Waals surface area contributed by atoms with Gasteiger partial charge in [0.15, 0.2) is 0 Å². The Morgan fingerprint density at radius 1 is 0.565 bits per heavy atom. The normalized spacial score (nSPS) is 11.4. The van der Waals surface area contributed by atoms with Crippen LogP contribution >= 0.6 is 0 Å². The van der Waals surface area contributed by atoms with Crippen molar-refractivity contribution in [2.24, 2.45) is 0 Å². The third kappa shape index (κ3) is 25.9. The quantitative estimate of drug-likeness (QED) is 0.208. The molecule has 23 heavy (non-hydrogen) atoms. The fraction of sp³-hybridized carbons (Fsp3) is 1.00. The Labute approximate surface area is 187 Å². The molecule has 5 heteroatoms. The van der Waals surface area contributed by atoms with Gasteiger partial charge in [-0.3, -0.25) is 4.55 Å². The average Bonchev–Trinajstić information content (AvgIpc) is 2.45. The summed E-state index contributed by atoms with van der Waals surface area (Å²) in [5.41, 5.74) is 0. The molecule has 0 spiro atoms. The van der Waals surface area contributed by atoms with Gasteiger partial charge < -0.3 is 0 Å². The first kappa shape index (κ1) is 26.8. The molecule has 3 nitrogen and oxygen atoms in total. The van der Waals surface area contributed by atoms with E-state index in [2.05, 4.69) is 6.92 Å². The van der Waals surface area contributed by atoms with E-state index < -0.39 is 10.1 Å². The molecule has 0 aromatic carbocycles. The van der Waals surface area contributed by atoms with Gasteiger partial charge in [-0.1, -0.05) is 103 Å². The second-order valence-electron chi connectivity index (χ2n) is 6.59. The predicted octanol–water partition coefficient (Wildman–Crippen LogP) is 5.49. The zero-order chi connectivity index (χ0) is 16.5. The SMILES string of the molecule is CCCCCCCCCCCCCCCCCCS(=O)(=O)O.[KH]. The van der Waals surface area contributed by atoms with Crippen LogP contribution in [-0.4, -0.2) is 70.1 Å². The van der Waals surface area contributed by atoms with Crippen molar-refractivity contribution >= 4 is 61.5 Å². The van der Waals surface area contributed by atoms with Gasteiger partial charge >= 0.3 is 51.4 Å². The van der Waals surface area contributed by atoms with Crippen LogP contribution in [0.2, 0.25) is 0 Å². The van der Waals surface area contributed by atoms with Crippen molar-refractivity contribution in [2.75, 3.05) is 5.75 Å². The zero-order valence-electron chi connectivity index (χ0n) is 14.7. The topological polar surface area (TPSA) is 54.4 Å². The van der Waals surface area contributed by atoms with Crippen LogP contribution in [0.15, 0.2) is 0 Å². The summed E-state index contributed by atoms with van der Waals surface area (Å²) in [5, 5.41) is 0. The summed E-state index contributed by atoms with van der Waals surface area (Å²) in [6.07, 6.45) is 20.3. The van der Waals surface area contributed by atoms with E-state index in [1.807, 2.05) is 0 Å². The number of unbranched alkanes of at least 4 members (excludes halogenated alkanes) is 15. The average molecular weight is 375 g/mol. The maximum atomic E-state index is 10.5. The van der Waals surface area contributed by atoms with Crippen molar-refractivity contribution < 1.29 is 13.0 Å². The molecule has 0 bridgehead atoms. The molecule has 0 saturated heterocycles. The van der Waals surface area contributed by atoms with Crippen molar-refractivity contribution in [3.8, 4) is 0 Å². The molecule has 0 aromatic heterocycles. The van der Waals surface area contributed by atoms with E-state index in [1.54, 1.807) is 0 Å². The van der Waals surface area contributed by atoms with Crippen LogP contribution < -0.4 is 0 Å². The second-order valence-corrected chi connectivity index (χ2v) is 8.16. The monoisotopic (exact) mass is 374 g/mol. The first-order valence-corrected chi connectivity index (χ1v) is 11.1. The summed E-state index contributed by atoms with van der Waals surface area (Å²) in [5.74, 6) is -0.0779. The van der Waals surface area contributed by atoms with E-state index in [9.17, 15) is 8.42 Å². The first-order chi connectivity index (χ1) is 10.6. The third-order valence-electron chi connectivity index (χ3n) is 4.26. The summed E-state index contributed by atoms with van der Waals surface area (Å²) in [7, 11) is -3.74. The van der Waals surface area contributed by atoms with Gasteiger partial charge in [-0.15, -0.1) is 0 Å². The minimum atomic E-state index is -3.74. The molecule has 0 aliphatic rings. The van der Waals surface area contributed by atoms with Gasteiger partial charge in [0.2, 0.25) is 0 Å². The number of hydrogen-bond acceptors (Lipinski definition) is 2. The Morgan fingerprint density at radius 3 is 1.09 bits per heavy atom. The van der Waals surface area contributed by atoms with Crippen molar-refractivity contribution in [3.63, 3.8) is 0 Å². The zero-order valence-corrected chi connectivity index (χ0v) is 15.5. The molecule has 0 heterocycles. The summed E-state index contributed by atoms with van der Waals surface area (Å²) in [6, 6.07) is 0. The van der Waals surface area contributed by atoms with Crippen molar-refractivity contribution in [1.82, 2.24) is 0 Å². The van der Waals surface area contributed by atoms with E-state index in [4.69, 9.17) is 4.55 Å². The van der Waals surface area contributed by atoms with Gasteiger partial charge in [-0.25, -0.2) is 0 Å². The van der Waals surface area contributed by atoms with Gasteiger partial charge in [0.05, 0.1) is 5.75 Å². The van der Waals surface area contributed by atoms with Crippen LogP contribution in [0.5, 0.6) is 0 Å². The van der Waals surface area contributed by atoms with Crippen molar-refractivity contribution in [3.05, 3.63) is 0 Å². The van der Waals surface area contributed by atoms with Gasteiger partial charge in [0.25, 0.3) is 10.1 Å². The summed E-state index contributed by atoms with van der Waals surface area (Å²) >= 11 is 0. The number of hydrogen-bond donors (Lipinski definition) is 1. The van der Waals surface area contributed by atoms with Crippen LogP contribution in [0.3, 0.4) is 0 Å². The molecule has 0 aliphatic carbocycles. The number of rotatable bonds is 17. The Hall–Kier alpha value is 1.55. The van der Waals surface area contributed by atoms with E-state index in [-0.39, 0.29) is 57.1 Å². The molecule has 0 atom stereocenters. The molecular weight excluding hydrogens is 335 g/mol. The molecule has 0 radical (unpaired) electrons. The van der Waals surface area contributed by atoms with Crippen LogP contribution in [0.1, 0.15) is 110 Å². The van der Waals surface area contributed by atoms with Crippen molar-refractivity contribution in [1.29, 1.82) is 0 Å². The third-order valence-corrected chi connectivity index (χ3v) is 5.06. The van der Waals surface area contributed by atoms with E-state index >= 15 is 0 Å². The molecule has 0 aliphatic heterocycles. The van der Waals surface area contributed by atoms with Crippen LogP contribution in [0.25, 0.3) is 0 Å². The predicted molar refractivity (Wildman–Crippen MR) is 103 cm³/mol. The molecular formula is C18H39KO3S. The van der Waals surface area contributed by atoms with E-state index in [0.29, 0.717) is 6.42 Å². The second kappa shape index (κ2) is 19.9. The van der Waals surface area contributed by atoms with Crippen molar-refractivity contribution in [2.45, 2.75) is 110 Å². The van der Waals surface area contributed by atoms with Crippen LogP contribution in [0, 0.1) is 0 Å².